The first-order chi connectivity index (χ1) is 17.0. The van der Waals surface area contributed by atoms with Crippen LogP contribution in [0.15, 0.2) is 47.4 Å². The van der Waals surface area contributed by atoms with Crippen LogP contribution in [-0.4, -0.2) is 38.2 Å². The van der Waals surface area contributed by atoms with Gasteiger partial charge in [-0.2, -0.15) is 0 Å². The molecular weight excluding hydrogens is 464 g/mol. The number of benzene rings is 1. The fourth-order valence-electron chi connectivity index (χ4n) is 4.70. The molecule has 1 aromatic carbocycles. The van der Waals surface area contributed by atoms with Gasteiger partial charge in [-0.15, -0.1) is 0 Å². The summed E-state index contributed by atoms with van der Waals surface area (Å²) in [6.07, 6.45) is 1.49. The highest BCUT2D eigenvalue weighted by Gasteiger charge is 2.35. The Morgan fingerprint density at radius 1 is 1.08 bits per heavy atom. The normalized spacial score (nSPS) is 17.5. The molecule has 0 amide bonds. The molecule has 0 aliphatic carbocycles. The number of aryl methyl sites for hydroxylation is 2. The summed E-state index contributed by atoms with van der Waals surface area (Å²) < 4.78 is 36.5. The number of halogens is 2. The second kappa shape index (κ2) is 8.74. The van der Waals surface area contributed by atoms with E-state index < -0.39 is 17.2 Å². The lowest BCUT2D eigenvalue weighted by Gasteiger charge is -2.43. The Morgan fingerprint density at radius 2 is 1.86 bits per heavy atom. The van der Waals surface area contributed by atoms with Gasteiger partial charge in [0.1, 0.15) is 40.6 Å². The van der Waals surface area contributed by atoms with E-state index in [1.165, 1.54) is 16.7 Å². The van der Waals surface area contributed by atoms with Crippen molar-refractivity contribution in [2.24, 2.45) is 7.05 Å². The lowest BCUT2D eigenvalue weighted by Crippen LogP contribution is -2.50. The zero-order valence-corrected chi connectivity index (χ0v) is 20.8. The van der Waals surface area contributed by atoms with Crippen LogP contribution in [0, 0.1) is 25.5 Å². The molecule has 7 nitrogen and oxygen atoms in total. The summed E-state index contributed by atoms with van der Waals surface area (Å²) in [5.74, 6) is -0.502. The number of rotatable bonds is 3. The molecule has 4 aromatic rings. The van der Waals surface area contributed by atoms with Crippen LogP contribution >= 0.6 is 0 Å². The first-order valence-electron chi connectivity index (χ1n) is 11.7. The van der Waals surface area contributed by atoms with Gasteiger partial charge in [0.05, 0.1) is 11.0 Å². The number of morpholine rings is 1. The molecule has 4 heterocycles. The van der Waals surface area contributed by atoms with Crippen molar-refractivity contribution in [3.63, 3.8) is 0 Å². The molecule has 3 aromatic heterocycles. The van der Waals surface area contributed by atoms with Gasteiger partial charge in [-0.05, 0) is 63.6 Å². The van der Waals surface area contributed by atoms with Crippen molar-refractivity contribution in [2.45, 2.75) is 39.4 Å². The van der Waals surface area contributed by atoms with Gasteiger partial charge in [0.15, 0.2) is 0 Å². The lowest BCUT2D eigenvalue weighted by molar-refractivity contribution is -0.0857. The molecule has 186 valence electrons. The maximum atomic E-state index is 14.9. The average molecular weight is 492 g/mol. The van der Waals surface area contributed by atoms with Gasteiger partial charge in [0, 0.05) is 43.7 Å². The van der Waals surface area contributed by atoms with E-state index in [2.05, 4.69) is 9.97 Å². The van der Waals surface area contributed by atoms with Crippen LogP contribution in [0.1, 0.15) is 37.0 Å². The number of fused-ring (bicyclic) bond motifs is 1. The number of aromatic nitrogens is 4. The number of hydrogen-bond donors (Lipinski definition) is 0. The Hall–Kier alpha value is -3.72. The van der Waals surface area contributed by atoms with Gasteiger partial charge in [-0.3, -0.25) is 14.3 Å². The topological polar surface area (TPSA) is 73.1 Å². The Balaban J connectivity index is 1.70. The van der Waals surface area contributed by atoms with Crippen LogP contribution in [0.3, 0.4) is 0 Å². The Labute approximate surface area is 207 Å². The maximum absolute atomic E-state index is 14.9. The average Bonchev–Trinajstić information content (AvgIpc) is 2.81. The fourth-order valence-corrected chi connectivity index (χ4v) is 4.70. The smallest absolute Gasteiger partial charge is 0.261 e. The van der Waals surface area contributed by atoms with E-state index in [0.717, 1.165) is 17.3 Å². The third-order valence-corrected chi connectivity index (χ3v) is 6.50. The summed E-state index contributed by atoms with van der Waals surface area (Å²) in [5.41, 5.74) is 1.62. The lowest BCUT2D eigenvalue weighted by atomic mass is 10.0. The Morgan fingerprint density at radius 3 is 2.58 bits per heavy atom. The van der Waals surface area contributed by atoms with Crippen molar-refractivity contribution < 1.29 is 13.5 Å². The Bertz CT molecular complexity index is 1550. The van der Waals surface area contributed by atoms with Gasteiger partial charge in [0.25, 0.3) is 5.56 Å². The molecule has 1 fully saturated rings. The highest BCUT2D eigenvalue weighted by molar-refractivity contribution is 5.93. The predicted molar refractivity (Wildman–Crippen MR) is 134 cm³/mol. The summed E-state index contributed by atoms with van der Waals surface area (Å²) in [4.78, 5) is 28.9. The second-order valence-electron chi connectivity index (χ2n) is 9.85. The summed E-state index contributed by atoms with van der Waals surface area (Å²) in [6.45, 7) is 8.57. The molecule has 1 aliphatic heterocycles. The molecule has 5 rings (SSSR count). The van der Waals surface area contributed by atoms with Gasteiger partial charge < -0.3 is 9.64 Å². The van der Waals surface area contributed by atoms with Crippen LogP contribution < -0.4 is 10.5 Å². The molecular formula is C27H27F2N5O2. The SMILES string of the molecule is Cc1cc([C@@H]2CN(c3cc4c(=O)n(C)c(C)nc4c(-c4ccc(F)cc4F)n3)CC(C)(C)O2)ccn1. The second-order valence-corrected chi connectivity index (χ2v) is 9.85. The summed E-state index contributed by atoms with van der Waals surface area (Å²) in [5, 5.41) is 0.312. The number of anilines is 1. The molecule has 0 bridgehead atoms. The highest BCUT2D eigenvalue weighted by atomic mass is 19.1. The third kappa shape index (κ3) is 4.35. The van der Waals surface area contributed by atoms with E-state index in [1.54, 1.807) is 26.2 Å². The monoisotopic (exact) mass is 491 g/mol. The van der Waals surface area contributed by atoms with E-state index in [4.69, 9.17) is 9.72 Å². The molecule has 36 heavy (non-hydrogen) atoms. The van der Waals surface area contributed by atoms with Crippen molar-refractivity contribution >= 4 is 16.7 Å². The third-order valence-electron chi connectivity index (χ3n) is 6.50. The fraction of sp³-hybridized carbons (Fsp3) is 0.333. The molecule has 0 N–H and O–H groups in total. The van der Waals surface area contributed by atoms with Crippen LogP contribution in [0.2, 0.25) is 0 Å². The van der Waals surface area contributed by atoms with Crippen molar-refractivity contribution in [3.8, 4) is 11.3 Å². The number of hydrogen-bond acceptors (Lipinski definition) is 6. The minimum absolute atomic E-state index is 0.0808. The zero-order chi connectivity index (χ0) is 25.8. The Kier molecular flexibility index (Phi) is 5.83. The number of nitrogens with zero attached hydrogens (tertiary/aromatic N) is 5. The molecule has 0 radical (unpaired) electrons. The van der Waals surface area contributed by atoms with Gasteiger partial charge in [-0.25, -0.2) is 18.7 Å². The zero-order valence-electron chi connectivity index (χ0n) is 20.8. The molecule has 0 unspecified atom stereocenters. The van der Waals surface area contributed by atoms with Gasteiger partial charge >= 0.3 is 0 Å². The van der Waals surface area contributed by atoms with Crippen molar-refractivity contribution in [2.75, 3.05) is 18.0 Å². The van der Waals surface area contributed by atoms with Crippen LogP contribution in [0.4, 0.5) is 14.6 Å². The molecule has 1 atom stereocenters. The van der Waals surface area contributed by atoms with E-state index in [-0.39, 0.29) is 28.4 Å². The van der Waals surface area contributed by atoms with Crippen molar-refractivity contribution in [3.05, 3.63) is 81.7 Å². The first kappa shape index (κ1) is 24.0. The summed E-state index contributed by atoms with van der Waals surface area (Å²) in [7, 11) is 1.64. The minimum atomic E-state index is -0.770. The maximum Gasteiger partial charge on any atom is 0.261 e. The minimum Gasteiger partial charge on any atom is -0.364 e. The van der Waals surface area contributed by atoms with E-state index in [0.29, 0.717) is 30.1 Å². The molecule has 1 saturated heterocycles. The number of pyridine rings is 2. The van der Waals surface area contributed by atoms with Crippen LogP contribution in [0.25, 0.3) is 22.2 Å². The quantitative estimate of drug-likeness (QED) is 0.416. The molecule has 1 aliphatic rings. The van der Waals surface area contributed by atoms with Crippen molar-refractivity contribution in [1.29, 1.82) is 0 Å². The number of ether oxygens (including phenoxy) is 1. The molecule has 0 saturated carbocycles. The summed E-state index contributed by atoms with van der Waals surface area (Å²) >= 11 is 0. The van der Waals surface area contributed by atoms with Crippen LogP contribution in [-0.2, 0) is 11.8 Å². The largest absolute Gasteiger partial charge is 0.364 e. The van der Waals surface area contributed by atoms with Crippen LogP contribution in [0.5, 0.6) is 0 Å². The summed E-state index contributed by atoms with van der Waals surface area (Å²) in [6, 6.07) is 8.92. The predicted octanol–water partition coefficient (Wildman–Crippen LogP) is 4.64. The van der Waals surface area contributed by atoms with Gasteiger partial charge in [-0.1, -0.05) is 0 Å². The first-order valence-corrected chi connectivity index (χ1v) is 11.7. The van der Waals surface area contributed by atoms with E-state index >= 15 is 0 Å². The van der Waals surface area contributed by atoms with E-state index in [9.17, 15) is 13.6 Å². The standard InChI is InChI=1S/C27H27F2N5O2/c1-15-10-17(8-9-30-15)22-13-34(14-27(3,4)36-22)23-12-20-25(31-16(2)33(5)26(20)35)24(32-23)19-7-6-18(28)11-21(19)29/h6-12,22H,13-14H2,1-5H3/t22-/m0/s1. The highest BCUT2D eigenvalue weighted by Crippen LogP contribution is 2.36. The van der Waals surface area contributed by atoms with Gasteiger partial charge in [0.2, 0.25) is 0 Å². The molecule has 9 heteroatoms. The van der Waals surface area contributed by atoms with E-state index in [1.807, 2.05) is 37.8 Å². The van der Waals surface area contributed by atoms with Crippen molar-refractivity contribution in [1.82, 2.24) is 19.5 Å². The molecule has 0 spiro atoms.